The van der Waals surface area contributed by atoms with Crippen LogP contribution in [-0.4, -0.2) is 17.1 Å². The lowest BCUT2D eigenvalue weighted by Crippen LogP contribution is -2.52. The van der Waals surface area contributed by atoms with Crippen LogP contribution in [0.4, 0.5) is 0 Å². The highest BCUT2D eigenvalue weighted by atomic mass is 32.1. The zero-order valence-corrected chi connectivity index (χ0v) is 17.8. The van der Waals surface area contributed by atoms with E-state index in [4.69, 9.17) is 17.0 Å². The molecule has 154 valence electrons. The van der Waals surface area contributed by atoms with Crippen LogP contribution in [0.1, 0.15) is 49.0 Å². The first-order valence-corrected chi connectivity index (χ1v) is 10.6. The van der Waals surface area contributed by atoms with Crippen molar-refractivity contribution in [1.29, 1.82) is 0 Å². The number of benzene rings is 2. The van der Waals surface area contributed by atoms with Gasteiger partial charge in [0, 0.05) is 11.6 Å². The lowest BCUT2D eigenvalue weighted by Gasteiger charge is -2.35. The van der Waals surface area contributed by atoms with Crippen LogP contribution in [0, 0.1) is 11.8 Å². The average molecular weight is 412 g/mol. The monoisotopic (exact) mass is 411 g/mol. The van der Waals surface area contributed by atoms with E-state index in [1.165, 1.54) is 12.8 Å². The van der Waals surface area contributed by atoms with Gasteiger partial charge in [-0.05, 0) is 60.3 Å². The van der Waals surface area contributed by atoms with Crippen molar-refractivity contribution in [3.63, 3.8) is 0 Å². The molecule has 1 saturated carbocycles. The Balaban J connectivity index is 1.43. The molecule has 1 aliphatic carbocycles. The number of ether oxygens (including phenoxy) is 1. The van der Waals surface area contributed by atoms with Gasteiger partial charge >= 0.3 is 0 Å². The van der Waals surface area contributed by atoms with Gasteiger partial charge < -0.3 is 10.1 Å². The topological polar surface area (TPSA) is 62.4 Å². The molecular weight excluding hydrogens is 382 g/mol. The molecule has 5 nitrogen and oxygen atoms in total. The van der Waals surface area contributed by atoms with E-state index in [1.54, 1.807) is 24.3 Å². The molecule has 0 unspecified atom stereocenters. The van der Waals surface area contributed by atoms with Gasteiger partial charge in [-0.1, -0.05) is 57.0 Å². The molecule has 0 heterocycles. The molecule has 3 atom stereocenters. The summed E-state index contributed by atoms with van der Waals surface area (Å²) in [7, 11) is 0. The summed E-state index contributed by atoms with van der Waals surface area (Å²) >= 11 is 5.34. The Morgan fingerprint density at radius 3 is 2.48 bits per heavy atom. The van der Waals surface area contributed by atoms with E-state index >= 15 is 0 Å². The maximum absolute atomic E-state index is 12.3. The highest BCUT2D eigenvalue weighted by Gasteiger charge is 2.27. The fourth-order valence-corrected chi connectivity index (χ4v) is 3.82. The Morgan fingerprint density at radius 1 is 1.03 bits per heavy atom. The van der Waals surface area contributed by atoms with Crippen LogP contribution in [0.15, 0.2) is 54.6 Å². The number of rotatable bonds is 5. The lowest BCUT2D eigenvalue weighted by molar-refractivity contribution is 0.0943. The Labute approximate surface area is 178 Å². The fourth-order valence-electron chi connectivity index (χ4n) is 3.62. The first-order valence-electron chi connectivity index (χ1n) is 10.2. The lowest BCUT2D eigenvalue weighted by atomic mass is 9.78. The van der Waals surface area contributed by atoms with Crippen molar-refractivity contribution in [3.8, 4) is 5.75 Å². The van der Waals surface area contributed by atoms with Gasteiger partial charge in [0.05, 0.1) is 0 Å². The largest absolute Gasteiger partial charge is 0.489 e. The summed E-state index contributed by atoms with van der Waals surface area (Å²) in [6.07, 6.45) is 3.57. The van der Waals surface area contributed by atoms with E-state index < -0.39 is 0 Å². The molecule has 2 aromatic carbocycles. The number of hydrogen-bond donors (Lipinski definition) is 3. The maximum atomic E-state index is 12.3. The molecule has 3 N–H and O–H groups in total. The second-order valence-electron chi connectivity index (χ2n) is 7.73. The van der Waals surface area contributed by atoms with Crippen LogP contribution in [0.2, 0.25) is 0 Å². The van der Waals surface area contributed by atoms with Crippen LogP contribution in [0.5, 0.6) is 5.75 Å². The number of carbonyl (C=O) groups is 1. The van der Waals surface area contributed by atoms with E-state index in [-0.39, 0.29) is 5.91 Å². The number of amides is 1. The number of hydrogen-bond acceptors (Lipinski definition) is 3. The molecule has 1 aliphatic rings. The summed E-state index contributed by atoms with van der Waals surface area (Å²) in [5, 5.41) is 3.78. The standard InChI is InChI=1S/C23H29N3O2S/c1-16-7-6-10-21(17(16)2)24-23(29)26-25-22(27)19-11-13-20(14-12-19)28-15-18-8-4-3-5-9-18/h3-5,8-9,11-14,16-17,21H,6-7,10,15H2,1-2H3,(H,25,27)(H2,24,26,29)/t16-,17+,21+/m0/s1. The Bertz CT molecular complexity index is 811. The molecule has 0 bridgehead atoms. The van der Waals surface area contributed by atoms with E-state index in [0.717, 1.165) is 17.7 Å². The van der Waals surface area contributed by atoms with Crippen LogP contribution in [0.25, 0.3) is 0 Å². The zero-order valence-electron chi connectivity index (χ0n) is 17.0. The normalized spacial score (nSPS) is 21.1. The first-order chi connectivity index (χ1) is 14.0. The fraction of sp³-hybridized carbons (Fsp3) is 0.391. The van der Waals surface area contributed by atoms with Gasteiger partial charge in [-0.25, -0.2) is 0 Å². The Morgan fingerprint density at radius 2 is 1.76 bits per heavy atom. The van der Waals surface area contributed by atoms with Gasteiger partial charge in [-0.15, -0.1) is 0 Å². The van der Waals surface area contributed by atoms with E-state index in [2.05, 4.69) is 30.0 Å². The highest BCUT2D eigenvalue weighted by Crippen LogP contribution is 2.29. The number of thiocarbonyl (C=S) groups is 1. The second kappa shape index (κ2) is 10.3. The Hall–Kier alpha value is -2.60. The SMILES string of the molecule is C[C@@H]1[C@@H](C)CCC[C@H]1NC(=S)NNC(=O)c1ccc(OCc2ccccc2)cc1. The van der Waals surface area contributed by atoms with Crippen LogP contribution in [-0.2, 0) is 6.61 Å². The molecule has 0 radical (unpaired) electrons. The van der Waals surface area contributed by atoms with Crippen molar-refractivity contribution in [2.24, 2.45) is 11.8 Å². The average Bonchev–Trinajstić information content (AvgIpc) is 2.75. The van der Waals surface area contributed by atoms with Crippen molar-refractivity contribution in [2.45, 2.75) is 45.8 Å². The Kier molecular flexibility index (Phi) is 7.47. The predicted octanol–water partition coefficient (Wildman–Crippen LogP) is 4.20. The predicted molar refractivity (Wildman–Crippen MR) is 120 cm³/mol. The van der Waals surface area contributed by atoms with Crippen molar-refractivity contribution < 1.29 is 9.53 Å². The summed E-state index contributed by atoms with van der Waals surface area (Å²) in [6.45, 7) is 5.03. The molecule has 0 aromatic heterocycles. The van der Waals surface area contributed by atoms with Crippen molar-refractivity contribution >= 4 is 23.2 Å². The van der Waals surface area contributed by atoms with Gasteiger partial charge in [-0.3, -0.25) is 15.6 Å². The number of nitrogens with one attached hydrogen (secondary N) is 3. The quantitative estimate of drug-likeness (QED) is 0.508. The van der Waals surface area contributed by atoms with Gasteiger partial charge in [0.15, 0.2) is 5.11 Å². The minimum Gasteiger partial charge on any atom is -0.489 e. The molecule has 6 heteroatoms. The molecule has 1 fully saturated rings. The van der Waals surface area contributed by atoms with Crippen molar-refractivity contribution in [1.82, 2.24) is 16.2 Å². The molecule has 3 rings (SSSR count). The molecular formula is C23H29N3O2S. The minimum absolute atomic E-state index is 0.242. The van der Waals surface area contributed by atoms with E-state index in [1.807, 2.05) is 30.3 Å². The molecule has 0 saturated heterocycles. The summed E-state index contributed by atoms with van der Waals surface area (Å²) in [4.78, 5) is 12.3. The van der Waals surface area contributed by atoms with Crippen LogP contribution >= 0.6 is 12.2 Å². The smallest absolute Gasteiger partial charge is 0.269 e. The first kappa shape index (κ1) is 21.1. The molecule has 2 aromatic rings. The van der Waals surface area contributed by atoms with Crippen LogP contribution in [0.3, 0.4) is 0 Å². The van der Waals surface area contributed by atoms with Crippen molar-refractivity contribution in [2.75, 3.05) is 0 Å². The second-order valence-corrected chi connectivity index (χ2v) is 8.13. The third-order valence-corrected chi connectivity index (χ3v) is 5.90. The van der Waals surface area contributed by atoms with Gasteiger partial charge in [0.2, 0.25) is 0 Å². The van der Waals surface area contributed by atoms with Gasteiger partial charge in [0.1, 0.15) is 12.4 Å². The molecule has 0 spiro atoms. The third kappa shape index (κ3) is 6.19. The molecule has 29 heavy (non-hydrogen) atoms. The third-order valence-electron chi connectivity index (χ3n) is 5.68. The van der Waals surface area contributed by atoms with Gasteiger partial charge in [-0.2, -0.15) is 0 Å². The number of hydrazine groups is 1. The summed E-state index contributed by atoms with van der Waals surface area (Å²) in [5.74, 6) is 1.72. The van der Waals surface area contributed by atoms with E-state index in [0.29, 0.717) is 35.2 Å². The summed E-state index contributed by atoms with van der Waals surface area (Å²) in [5.41, 5.74) is 7.11. The maximum Gasteiger partial charge on any atom is 0.269 e. The molecule has 1 amide bonds. The molecule has 0 aliphatic heterocycles. The van der Waals surface area contributed by atoms with E-state index in [9.17, 15) is 4.79 Å². The van der Waals surface area contributed by atoms with Gasteiger partial charge in [0.25, 0.3) is 5.91 Å². The highest BCUT2D eigenvalue weighted by molar-refractivity contribution is 7.80. The zero-order chi connectivity index (χ0) is 20.6. The summed E-state index contributed by atoms with van der Waals surface area (Å²) < 4.78 is 5.75. The number of carbonyl (C=O) groups excluding carboxylic acids is 1. The van der Waals surface area contributed by atoms with Crippen molar-refractivity contribution in [3.05, 3.63) is 65.7 Å². The minimum atomic E-state index is -0.242. The van der Waals surface area contributed by atoms with Crippen LogP contribution < -0.4 is 20.9 Å². The summed E-state index contributed by atoms with van der Waals surface area (Å²) in [6, 6.07) is 17.4.